The maximum atomic E-state index is 12.9. The van der Waals surface area contributed by atoms with Gasteiger partial charge in [-0.05, 0) is 55.6 Å². The molecule has 1 aliphatic rings. The van der Waals surface area contributed by atoms with Crippen molar-refractivity contribution in [1.29, 1.82) is 0 Å². The summed E-state index contributed by atoms with van der Waals surface area (Å²) in [7, 11) is 0. The van der Waals surface area contributed by atoms with Crippen molar-refractivity contribution in [2.45, 2.75) is 38.1 Å². The predicted molar refractivity (Wildman–Crippen MR) is 108 cm³/mol. The van der Waals surface area contributed by atoms with Crippen LogP contribution >= 0.6 is 0 Å². The van der Waals surface area contributed by atoms with Crippen LogP contribution in [0.15, 0.2) is 54.6 Å². The second-order valence-corrected chi connectivity index (χ2v) is 7.37. The number of hydrogen-bond acceptors (Lipinski definition) is 3. The summed E-state index contributed by atoms with van der Waals surface area (Å²) in [4.78, 5) is 26.8. The van der Waals surface area contributed by atoms with Gasteiger partial charge < -0.3 is 10.2 Å². The first-order valence-corrected chi connectivity index (χ1v) is 9.94. The zero-order valence-corrected chi connectivity index (χ0v) is 16.1. The van der Waals surface area contributed by atoms with Crippen LogP contribution in [-0.2, 0) is 11.2 Å². The summed E-state index contributed by atoms with van der Waals surface area (Å²) in [6.07, 6.45) is 3.35. The van der Waals surface area contributed by atoms with Crippen LogP contribution in [-0.4, -0.2) is 42.3 Å². The Labute approximate surface area is 165 Å². The smallest absolute Gasteiger partial charge is 0.220 e. The number of carbonyl (C=O) groups excluding carboxylic acids is 2. The molecule has 1 atom stereocenters. The third kappa shape index (κ3) is 6.27. The lowest BCUT2D eigenvalue weighted by molar-refractivity contribution is -0.122. The van der Waals surface area contributed by atoms with Gasteiger partial charge in [0.15, 0.2) is 5.78 Å². The molecule has 4 nitrogen and oxygen atoms in total. The van der Waals surface area contributed by atoms with Crippen LogP contribution in [0.1, 0.15) is 41.6 Å². The van der Waals surface area contributed by atoms with E-state index in [4.69, 9.17) is 0 Å². The van der Waals surface area contributed by atoms with E-state index < -0.39 is 0 Å². The summed E-state index contributed by atoms with van der Waals surface area (Å²) < 4.78 is 12.9. The highest BCUT2D eigenvalue weighted by atomic mass is 19.1. The molecule has 2 aromatic rings. The Morgan fingerprint density at radius 3 is 2.54 bits per heavy atom. The summed E-state index contributed by atoms with van der Waals surface area (Å²) in [5.41, 5.74) is 1.77. The van der Waals surface area contributed by atoms with Crippen molar-refractivity contribution in [2.75, 3.05) is 19.6 Å². The molecule has 3 rings (SSSR count). The minimum Gasteiger partial charge on any atom is -0.352 e. The van der Waals surface area contributed by atoms with Crippen molar-refractivity contribution in [3.05, 3.63) is 71.5 Å². The number of halogens is 1. The quantitative estimate of drug-likeness (QED) is 0.710. The Kier molecular flexibility index (Phi) is 7.31. The monoisotopic (exact) mass is 382 g/mol. The first-order valence-electron chi connectivity index (χ1n) is 9.94. The normalized spacial score (nSPS) is 17.2. The molecule has 1 fully saturated rings. The first kappa shape index (κ1) is 20.2. The van der Waals surface area contributed by atoms with Crippen LogP contribution in [0.3, 0.4) is 0 Å². The molecular weight excluding hydrogens is 355 g/mol. The van der Waals surface area contributed by atoms with Crippen LogP contribution in [0.5, 0.6) is 0 Å². The maximum absolute atomic E-state index is 12.9. The molecule has 1 saturated heterocycles. The van der Waals surface area contributed by atoms with Gasteiger partial charge >= 0.3 is 0 Å². The number of nitrogens with one attached hydrogen (secondary N) is 1. The lowest BCUT2D eigenvalue weighted by atomic mass is 10.0. The standard InChI is InChI=1S/C23H27FN2O2/c24-20-10-8-19(9-11-20)22(27)12-13-23(28)25-21-7-4-15-26(17-21)16-14-18-5-2-1-3-6-18/h1-3,5-6,8-11,21H,4,7,12-17H2,(H,25,28)/t21-/m0/s1. The highest BCUT2D eigenvalue weighted by Gasteiger charge is 2.21. The van der Waals surface area contributed by atoms with Crippen LogP contribution in [0.25, 0.3) is 0 Å². The number of amides is 1. The number of carbonyl (C=O) groups is 2. The van der Waals surface area contributed by atoms with Crippen molar-refractivity contribution in [1.82, 2.24) is 10.2 Å². The van der Waals surface area contributed by atoms with E-state index in [0.29, 0.717) is 5.56 Å². The highest BCUT2D eigenvalue weighted by Crippen LogP contribution is 2.12. The van der Waals surface area contributed by atoms with Gasteiger partial charge in [0.2, 0.25) is 5.91 Å². The summed E-state index contributed by atoms with van der Waals surface area (Å²) in [5.74, 6) is -0.600. The van der Waals surface area contributed by atoms with E-state index in [1.807, 2.05) is 6.07 Å². The van der Waals surface area contributed by atoms with Crippen LogP contribution < -0.4 is 5.32 Å². The molecule has 0 aromatic heterocycles. The third-order valence-electron chi connectivity index (χ3n) is 5.18. The number of benzene rings is 2. The molecule has 2 aromatic carbocycles. The van der Waals surface area contributed by atoms with E-state index in [2.05, 4.69) is 34.5 Å². The maximum Gasteiger partial charge on any atom is 0.220 e. The second-order valence-electron chi connectivity index (χ2n) is 7.37. The minimum absolute atomic E-state index is 0.0922. The molecule has 28 heavy (non-hydrogen) atoms. The average molecular weight is 382 g/mol. The molecule has 1 heterocycles. The average Bonchev–Trinajstić information content (AvgIpc) is 2.72. The van der Waals surface area contributed by atoms with Gasteiger partial charge in [-0.2, -0.15) is 0 Å². The Hall–Kier alpha value is -2.53. The zero-order chi connectivity index (χ0) is 19.8. The van der Waals surface area contributed by atoms with E-state index in [1.165, 1.54) is 29.8 Å². The van der Waals surface area contributed by atoms with Crippen molar-refractivity contribution in [3.63, 3.8) is 0 Å². The molecule has 1 amide bonds. The fourth-order valence-electron chi connectivity index (χ4n) is 3.62. The molecule has 0 radical (unpaired) electrons. The Bertz CT molecular complexity index is 777. The van der Waals surface area contributed by atoms with E-state index >= 15 is 0 Å². The lowest BCUT2D eigenvalue weighted by Gasteiger charge is -2.33. The summed E-state index contributed by atoms with van der Waals surface area (Å²) in [6.45, 7) is 2.90. The molecular formula is C23H27FN2O2. The van der Waals surface area contributed by atoms with Gasteiger partial charge in [-0.1, -0.05) is 30.3 Å². The molecule has 1 N–H and O–H groups in total. The van der Waals surface area contributed by atoms with Gasteiger partial charge in [-0.25, -0.2) is 4.39 Å². The van der Waals surface area contributed by atoms with E-state index in [1.54, 1.807) is 0 Å². The summed E-state index contributed by atoms with van der Waals surface area (Å²) in [5, 5.41) is 3.07. The molecule has 0 aliphatic carbocycles. The third-order valence-corrected chi connectivity index (χ3v) is 5.18. The lowest BCUT2D eigenvalue weighted by Crippen LogP contribution is -2.48. The Morgan fingerprint density at radius 1 is 1.04 bits per heavy atom. The molecule has 0 unspecified atom stereocenters. The predicted octanol–water partition coefficient (Wildman–Crippen LogP) is 3.61. The number of hydrogen-bond donors (Lipinski definition) is 1. The van der Waals surface area contributed by atoms with Gasteiger partial charge in [0.05, 0.1) is 0 Å². The molecule has 0 bridgehead atoms. The molecule has 0 saturated carbocycles. The first-order chi connectivity index (χ1) is 13.6. The van der Waals surface area contributed by atoms with Crippen molar-refractivity contribution < 1.29 is 14.0 Å². The number of likely N-dealkylation sites (tertiary alicyclic amines) is 1. The van der Waals surface area contributed by atoms with E-state index in [9.17, 15) is 14.0 Å². The van der Waals surface area contributed by atoms with Gasteiger partial charge in [0.1, 0.15) is 5.82 Å². The minimum atomic E-state index is -0.372. The van der Waals surface area contributed by atoms with Crippen molar-refractivity contribution in [3.8, 4) is 0 Å². The van der Waals surface area contributed by atoms with Gasteiger partial charge in [0, 0.05) is 37.5 Å². The Morgan fingerprint density at radius 2 is 1.79 bits per heavy atom. The fraction of sp³-hybridized carbons (Fsp3) is 0.391. The molecule has 0 spiro atoms. The van der Waals surface area contributed by atoms with Gasteiger partial charge in [0.25, 0.3) is 0 Å². The van der Waals surface area contributed by atoms with E-state index in [0.717, 1.165) is 38.9 Å². The number of rotatable bonds is 8. The van der Waals surface area contributed by atoms with Crippen molar-refractivity contribution in [2.24, 2.45) is 0 Å². The van der Waals surface area contributed by atoms with Gasteiger partial charge in [-0.15, -0.1) is 0 Å². The number of ketones is 1. The highest BCUT2D eigenvalue weighted by molar-refractivity contribution is 5.97. The van der Waals surface area contributed by atoms with E-state index in [-0.39, 0.29) is 36.4 Å². The van der Waals surface area contributed by atoms with Crippen LogP contribution in [0.4, 0.5) is 4.39 Å². The van der Waals surface area contributed by atoms with Crippen molar-refractivity contribution >= 4 is 11.7 Å². The summed E-state index contributed by atoms with van der Waals surface area (Å²) in [6, 6.07) is 16.0. The van der Waals surface area contributed by atoms with Crippen LogP contribution in [0, 0.1) is 5.82 Å². The number of nitrogens with zero attached hydrogens (tertiary/aromatic N) is 1. The SMILES string of the molecule is O=C(CCC(=O)c1ccc(F)cc1)N[C@H]1CCCN(CCc2ccccc2)C1. The Balaban J connectivity index is 1.39. The number of piperidine rings is 1. The number of Topliss-reactive ketones (excluding diaryl/α,β-unsaturated/α-hetero) is 1. The zero-order valence-electron chi connectivity index (χ0n) is 16.1. The van der Waals surface area contributed by atoms with Gasteiger partial charge in [-0.3, -0.25) is 9.59 Å². The fourth-order valence-corrected chi connectivity index (χ4v) is 3.62. The molecule has 148 valence electrons. The largest absolute Gasteiger partial charge is 0.352 e. The second kappa shape index (κ2) is 10.1. The topological polar surface area (TPSA) is 49.4 Å². The summed E-state index contributed by atoms with van der Waals surface area (Å²) >= 11 is 0. The molecule has 5 heteroatoms. The van der Waals surface area contributed by atoms with Crippen LogP contribution in [0.2, 0.25) is 0 Å². The molecule has 1 aliphatic heterocycles.